The summed E-state index contributed by atoms with van der Waals surface area (Å²) in [5.41, 5.74) is -6.01. The van der Waals surface area contributed by atoms with Crippen LogP contribution in [0.15, 0.2) is 46.6 Å². The van der Waals surface area contributed by atoms with Crippen molar-refractivity contribution < 1.29 is 35.1 Å². The first-order valence-corrected chi connectivity index (χ1v) is 11.3. The highest BCUT2D eigenvalue weighted by Crippen LogP contribution is 2.32. The first-order valence-electron chi connectivity index (χ1n) is 11.3. The van der Waals surface area contributed by atoms with Crippen molar-refractivity contribution in [2.45, 2.75) is 44.5 Å². The van der Waals surface area contributed by atoms with Gasteiger partial charge in [-0.25, -0.2) is 28.8 Å². The summed E-state index contributed by atoms with van der Waals surface area (Å²) in [4.78, 5) is 35.4. The highest BCUT2D eigenvalue weighted by Gasteiger charge is 2.37. The van der Waals surface area contributed by atoms with E-state index in [0.717, 1.165) is 29.2 Å². The third-order valence-corrected chi connectivity index (χ3v) is 5.68. The molecule has 0 fully saturated rings. The van der Waals surface area contributed by atoms with Crippen molar-refractivity contribution in [1.82, 2.24) is 29.7 Å². The SMILES string of the molecule is C[C@@H](C[C@@H](F)Cn1cnc2cc(-c3ncc(C(F)(F)F)cn3)c(F)cc2c1=O)Nc1cn[nH]c(=O)c1C(F)(F)F. The monoisotopic (exact) mass is 575 g/mol. The van der Waals surface area contributed by atoms with Gasteiger partial charge >= 0.3 is 12.4 Å². The van der Waals surface area contributed by atoms with Gasteiger partial charge in [-0.1, -0.05) is 0 Å². The van der Waals surface area contributed by atoms with Gasteiger partial charge in [-0.2, -0.15) is 31.4 Å². The van der Waals surface area contributed by atoms with Crippen LogP contribution in [0.2, 0.25) is 0 Å². The smallest absolute Gasteiger partial charge is 0.381 e. The van der Waals surface area contributed by atoms with Crippen LogP contribution in [0.1, 0.15) is 24.5 Å². The Kier molecular flexibility index (Phi) is 7.58. The molecule has 212 valence electrons. The van der Waals surface area contributed by atoms with Crippen LogP contribution in [-0.4, -0.2) is 41.9 Å². The Morgan fingerprint density at radius 2 is 1.68 bits per heavy atom. The third kappa shape index (κ3) is 6.07. The highest BCUT2D eigenvalue weighted by molar-refractivity contribution is 5.82. The van der Waals surface area contributed by atoms with Gasteiger partial charge in [0.1, 0.15) is 17.6 Å². The van der Waals surface area contributed by atoms with Crippen molar-refractivity contribution in [1.29, 1.82) is 0 Å². The summed E-state index contributed by atoms with van der Waals surface area (Å²) in [7, 11) is 0. The lowest BCUT2D eigenvalue weighted by Gasteiger charge is -2.20. The molecule has 0 saturated carbocycles. The van der Waals surface area contributed by atoms with E-state index in [1.807, 2.05) is 0 Å². The fourth-order valence-corrected chi connectivity index (χ4v) is 3.88. The van der Waals surface area contributed by atoms with Crippen molar-refractivity contribution in [2.24, 2.45) is 0 Å². The molecule has 4 aromatic rings. The van der Waals surface area contributed by atoms with E-state index >= 15 is 0 Å². The van der Waals surface area contributed by atoms with Crippen molar-refractivity contribution in [3.63, 3.8) is 0 Å². The topological polar surface area (TPSA) is 118 Å². The largest absolute Gasteiger partial charge is 0.423 e. The number of aromatic nitrogens is 6. The van der Waals surface area contributed by atoms with E-state index in [9.17, 15) is 44.7 Å². The standard InChI is InChI=1S/C23H17F8N7O2/c1-10(36-17-7-35-37-20(39)18(17)23(29,30)31)2-12(24)8-38-9-34-16-4-13(15(25)3-14(16)21(38)40)19-32-5-11(6-33-19)22(26,27)28/h3-7,9-10,12H,2,8H2,1H3,(H2,36,37,39)/t10-,12+/m0/s1. The lowest BCUT2D eigenvalue weighted by atomic mass is 10.1. The summed E-state index contributed by atoms with van der Waals surface area (Å²) < 4.78 is 108. The zero-order chi connectivity index (χ0) is 29.4. The van der Waals surface area contributed by atoms with Gasteiger partial charge in [0.15, 0.2) is 5.82 Å². The number of nitrogens with zero attached hydrogens (tertiary/aromatic N) is 5. The molecule has 0 saturated heterocycles. The van der Waals surface area contributed by atoms with Gasteiger partial charge in [0.2, 0.25) is 0 Å². The Balaban J connectivity index is 1.51. The predicted octanol–water partition coefficient (Wildman–Crippen LogP) is 4.34. The minimum Gasteiger partial charge on any atom is -0.381 e. The fourth-order valence-electron chi connectivity index (χ4n) is 3.88. The number of aromatic amines is 1. The Morgan fingerprint density at radius 1 is 1.00 bits per heavy atom. The maximum Gasteiger partial charge on any atom is 0.423 e. The number of hydrogen-bond donors (Lipinski definition) is 2. The van der Waals surface area contributed by atoms with Crippen LogP contribution in [0, 0.1) is 5.82 Å². The van der Waals surface area contributed by atoms with Crippen LogP contribution >= 0.6 is 0 Å². The van der Waals surface area contributed by atoms with E-state index in [1.165, 1.54) is 6.92 Å². The summed E-state index contributed by atoms with van der Waals surface area (Å²) >= 11 is 0. The molecular formula is C23H17F8N7O2. The number of H-pyrrole nitrogens is 1. The molecule has 0 spiro atoms. The first kappa shape index (κ1) is 28.6. The minimum absolute atomic E-state index is 0.0620. The lowest BCUT2D eigenvalue weighted by Crippen LogP contribution is -2.30. The molecule has 0 unspecified atom stereocenters. The molecule has 0 amide bonds. The third-order valence-electron chi connectivity index (χ3n) is 5.68. The van der Waals surface area contributed by atoms with Crippen molar-refractivity contribution >= 4 is 16.6 Å². The maximum atomic E-state index is 14.8. The van der Waals surface area contributed by atoms with Crippen molar-refractivity contribution in [3.8, 4) is 11.4 Å². The zero-order valence-corrected chi connectivity index (χ0v) is 20.1. The number of hydrogen-bond acceptors (Lipinski definition) is 7. The van der Waals surface area contributed by atoms with Crippen LogP contribution < -0.4 is 16.4 Å². The van der Waals surface area contributed by atoms with Gasteiger partial charge in [0.05, 0.1) is 46.8 Å². The lowest BCUT2D eigenvalue weighted by molar-refractivity contribution is -0.139. The van der Waals surface area contributed by atoms with E-state index in [0.29, 0.717) is 12.4 Å². The Bertz CT molecular complexity index is 1650. The molecule has 0 aliphatic rings. The second-order valence-corrected chi connectivity index (χ2v) is 8.71. The highest BCUT2D eigenvalue weighted by atomic mass is 19.4. The normalized spacial score (nSPS) is 13.8. The van der Waals surface area contributed by atoms with Gasteiger partial charge in [-0.05, 0) is 19.1 Å². The quantitative estimate of drug-likeness (QED) is 0.315. The predicted molar refractivity (Wildman–Crippen MR) is 124 cm³/mol. The molecule has 3 heterocycles. The van der Waals surface area contributed by atoms with Crippen LogP contribution in [0.4, 0.5) is 40.8 Å². The summed E-state index contributed by atoms with van der Waals surface area (Å²) in [5, 5.41) is 7.12. The molecule has 4 rings (SSSR count). The van der Waals surface area contributed by atoms with Crippen LogP contribution in [-0.2, 0) is 18.9 Å². The Morgan fingerprint density at radius 3 is 2.30 bits per heavy atom. The molecule has 0 bridgehead atoms. The van der Waals surface area contributed by atoms with Gasteiger partial charge in [0.25, 0.3) is 11.1 Å². The molecule has 17 heteroatoms. The summed E-state index contributed by atoms with van der Waals surface area (Å²) in [6.07, 6.45) is -9.21. The van der Waals surface area contributed by atoms with Gasteiger partial charge in [-0.15, -0.1) is 0 Å². The summed E-state index contributed by atoms with van der Waals surface area (Å²) in [5.74, 6) is -1.42. The van der Waals surface area contributed by atoms with E-state index in [2.05, 4.69) is 25.4 Å². The van der Waals surface area contributed by atoms with Gasteiger partial charge < -0.3 is 5.32 Å². The molecule has 40 heavy (non-hydrogen) atoms. The molecule has 0 radical (unpaired) electrons. The van der Waals surface area contributed by atoms with E-state index < -0.39 is 71.3 Å². The minimum atomic E-state index is -4.99. The maximum absolute atomic E-state index is 14.8. The summed E-state index contributed by atoms with van der Waals surface area (Å²) in [6.45, 7) is 0.772. The Labute approximate surface area is 217 Å². The summed E-state index contributed by atoms with van der Waals surface area (Å²) in [6, 6.07) is 0.895. The van der Waals surface area contributed by atoms with Crippen LogP contribution in [0.3, 0.4) is 0 Å². The Hall–Kier alpha value is -4.44. The number of anilines is 1. The van der Waals surface area contributed by atoms with E-state index in [4.69, 9.17) is 0 Å². The number of alkyl halides is 7. The van der Waals surface area contributed by atoms with Crippen LogP contribution in [0.5, 0.6) is 0 Å². The average molecular weight is 575 g/mol. The number of benzene rings is 1. The zero-order valence-electron chi connectivity index (χ0n) is 20.1. The number of nitrogens with one attached hydrogen (secondary N) is 2. The molecule has 0 aliphatic carbocycles. The van der Waals surface area contributed by atoms with Crippen molar-refractivity contribution in [2.75, 3.05) is 5.32 Å². The molecule has 2 N–H and O–H groups in total. The fraction of sp³-hybridized carbons (Fsp3) is 0.304. The van der Waals surface area contributed by atoms with Gasteiger partial charge in [0, 0.05) is 24.9 Å². The van der Waals surface area contributed by atoms with E-state index in [-0.39, 0.29) is 22.3 Å². The molecule has 3 aromatic heterocycles. The molecule has 1 aromatic carbocycles. The van der Waals surface area contributed by atoms with E-state index in [1.54, 1.807) is 5.10 Å². The first-order chi connectivity index (χ1) is 18.6. The second kappa shape index (κ2) is 10.6. The molecule has 2 atom stereocenters. The van der Waals surface area contributed by atoms with Crippen LogP contribution in [0.25, 0.3) is 22.3 Å². The molecule has 9 nitrogen and oxygen atoms in total. The number of halogens is 8. The average Bonchev–Trinajstić information content (AvgIpc) is 2.84. The molecular weight excluding hydrogens is 558 g/mol. The number of rotatable bonds is 7. The molecule has 0 aliphatic heterocycles. The second-order valence-electron chi connectivity index (χ2n) is 8.71. The van der Waals surface area contributed by atoms with Crippen molar-refractivity contribution in [3.05, 3.63) is 74.7 Å². The number of fused-ring (bicyclic) bond motifs is 1. The van der Waals surface area contributed by atoms with Gasteiger partial charge in [-0.3, -0.25) is 14.2 Å².